The average molecular weight is 280 g/mol. The summed E-state index contributed by atoms with van der Waals surface area (Å²) in [4.78, 5) is 20.8. The Kier molecular flexibility index (Phi) is 6.66. The molecule has 0 fully saturated rings. The Bertz CT molecular complexity index is 462. The molecule has 1 atom stereocenters. The summed E-state index contributed by atoms with van der Waals surface area (Å²) in [6.07, 6.45) is 2.47. The van der Waals surface area contributed by atoms with Crippen molar-refractivity contribution < 1.29 is 14.8 Å². The second kappa shape index (κ2) is 8.27. The van der Waals surface area contributed by atoms with E-state index in [2.05, 4.69) is 5.32 Å². The van der Waals surface area contributed by atoms with Crippen LogP contribution in [0, 0.1) is 10.1 Å². The van der Waals surface area contributed by atoms with Gasteiger partial charge in [-0.25, -0.2) is 0 Å². The van der Waals surface area contributed by atoms with Gasteiger partial charge < -0.3 is 10.4 Å². The van der Waals surface area contributed by atoms with Gasteiger partial charge in [0.2, 0.25) is 0 Å². The third kappa shape index (κ3) is 5.36. The van der Waals surface area contributed by atoms with Crippen LogP contribution in [0.5, 0.6) is 0 Å². The highest BCUT2D eigenvalue weighted by atomic mass is 16.6. The molecule has 110 valence electrons. The maximum absolute atomic E-state index is 10.8. The number of hydrogen-bond donors (Lipinski definition) is 2. The van der Waals surface area contributed by atoms with Crippen LogP contribution in [0.1, 0.15) is 44.2 Å². The molecule has 0 amide bonds. The van der Waals surface area contributed by atoms with Crippen molar-refractivity contribution >= 4 is 11.7 Å². The van der Waals surface area contributed by atoms with Gasteiger partial charge in [-0.15, -0.1) is 0 Å². The summed E-state index contributed by atoms with van der Waals surface area (Å²) in [5, 5.41) is 22.7. The first-order chi connectivity index (χ1) is 9.54. The molecule has 1 aromatic carbocycles. The van der Waals surface area contributed by atoms with Crippen molar-refractivity contribution in [3.63, 3.8) is 0 Å². The summed E-state index contributed by atoms with van der Waals surface area (Å²) in [5.74, 6) is -0.811. The van der Waals surface area contributed by atoms with Gasteiger partial charge in [0.05, 0.1) is 4.92 Å². The van der Waals surface area contributed by atoms with Gasteiger partial charge in [-0.1, -0.05) is 25.5 Å². The van der Waals surface area contributed by atoms with Crippen LogP contribution in [-0.2, 0) is 4.79 Å². The number of non-ortho nitro benzene ring substituents is 1. The van der Waals surface area contributed by atoms with E-state index in [4.69, 9.17) is 5.11 Å². The fourth-order valence-electron chi connectivity index (χ4n) is 2.05. The van der Waals surface area contributed by atoms with Gasteiger partial charge in [0.15, 0.2) is 0 Å². The van der Waals surface area contributed by atoms with Crippen LogP contribution in [0.3, 0.4) is 0 Å². The SMILES string of the molecule is CCCC(NCCCC(=O)O)c1cccc([N+](=O)[O-])c1. The average Bonchev–Trinajstić information content (AvgIpc) is 2.42. The highest BCUT2D eigenvalue weighted by Crippen LogP contribution is 2.22. The lowest BCUT2D eigenvalue weighted by Gasteiger charge is -2.18. The normalized spacial score (nSPS) is 12.1. The van der Waals surface area contributed by atoms with Crippen LogP contribution >= 0.6 is 0 Å². The molecule has 1 rings (SSSR count). The molecule has 6 heteroatoms. The second-order valence-electron chi connectivity index (χ2n) is 4.64. The Morgan fingerprint density at radius 3 is 2.85 bits per heavy atom. The fraction of sp³-hybridized carbons (Fsp3) is 0.500. The lowest BCUT2D eigenvalue weighted by atomic mass is 10.0. The number of benzene rings is 1. The zero-order valence-corrected chi connectivity index (χ0v) is 11.5. The Morgan fingerprint density at radius 2 is 2.25 bits per heavy atom. The van der Waals surface area contributed by atoms with E-state index in [0.717, 1.165) is 18.4 Å². The summed E-state index contributed by atoms with van der Waals surface area (Å²) in [6.45, 7) is 2.63. The molecule has 1 unspecified atom stereocenters. The van der Waals surface area contributed by atoms with Crippen molar-refractivity contribution in [3.8, 4) is 0 Å². The van der Waals surface area contributed by atoms with Crippen molar-refractivity contribution in [1.82, 2.24) is 5.32 Å². The van der Waals surface area contributed by atoms with E-state index in [1.54, 1.807) is 12.1 Å². The number of nitro benzene ring substituents is 1. The molecule has 6 nitrogen and oxygen atoms in total. The van der Waals surface area contributed by atoms with E-state index in [-0.39, 0.29) is 18.2 Å². The smallest absolute Gasteiger partial charge is 0.303 e. The van der Waals surface area contributed by atoms with E-state index < -0.39 is 10.9 Å². The number of nitrogens with one attached hydrogen (secondary N) is 1. The third-order valence-electron chi connectivity index (χ3n) is 3.02. The molecule has 1 aromatic rings. The zero-order chi connectivity index (χ0) is 15.0. The topological polar surface area (TPSA) is 92.5 Å². The van der Waals surface area contributed by atoms with Crippen molar-refractivity contribution in [2.24, 2.45) is 0 Å². The Morgan fingerprint density at radius 1 is 1.50 bits per heavy atom. The van der Waals surface area contributed by atoms with Crippen LogP contribution in [0.2, 0.25) is 0 Å². The monoisotopic (exact) mass is 280 g/mol. The predicted molar refractivity (Wildman–Crippen MR) is 75.6 cm³/mol. The molecule has 0 aliphatic rings. The maximum atomic E-state index is 10.8. The Balaban J connectivity index is 2.67. The standard InChI is InChI=1S/C14H20N2O4/c1-2-5-13(15-9-4-8-14(17)18)11-6-3-7-12(10-11)16(19)20/h3,6-7,10,13,15H,2,4-5,8-9H2,1H3,(H,17,18). The first-order valence-electron chi connectivity index (χ1n) is 6.74. The number of carboxylic acid groups (broad SMARTS) is 1. The Hall–Kier alpha value is -1.95. The van der Waals surface area contributed by atoms with E-state index in [9.17, 15) is 14.9 Å². The molecule has 0 aliphatic carbocycles. The molecule has 0 aromatic heterocycles. The number of aliphatic carboxylic acids is 1. The van der Waals surface area contributed by atoms with Crippen LogP contribution in [-0.4, -0.2) is 22.5 Å². The van der Waals surface area contributed by atoms with E-state index in [1.165, 1.54) is 6.07 Å². The van der Waals surface area contributed by atoms with Gasteiger partial charge in [-0.05, 0) is 24.9 Å². The van der Waals surface area contributed by atoms with Gasteiger partial charge in [0.25, 0.3) is 5.69 Å². The van der Waals surface area contributed by atoms with Crippen LogP contribution in [0.4, 0.5) is 5.69 Å². The molecule has 0 radical (unpaired) electrons. The molecule has 0 heterocycles. The molecular weight excluding hydrogens is 260 g/mol. The minimum Gasteiger partial charge on any atom is -0.481 e. The number of nitro groups is 1. The first-order valence-corrected chi connectivity index (χ1v) is 6.74. The first kappa shape index (κ1) is 16.1. The van der Waals surface area contributed by atoms with Gasteiger partial charge in [-0.2, -0.15) is 0 Å². The summed E-state index contributed by atoms with van der Waals surface area (Å²) in [5.41, 5.74) is 0.951. The predicted octanol–water partition coefficient (Wildman–Crippen LogP) is 2.89. The highest BCUT2D eigenvalue weighted by molar-refractivity contribution is 5.66. The van der Waals surface area contributed by atoms with Crippen molar-refractivity contribution in [3.05, 3.63) is 39.9 Å². The van der Waals surface area contributed by atoms with Gasteiger partial charge in [0, 0.05) is 24.6 Å². The summed E-state index contributed by atoms with van der Waals surface area (Å²) in [6, 6.07) is 6.60. The van der Waals surface area contributed by atoms with Crippen molar-refractivity contribution in [1.29, 1.82) is 0 Å². The minimum atomic E-state index is -0.811. The molecule has 20 heavy (non-hydrogen) atoms. The second-order valence-corrected chi connectivity index (χ2v) is 4.64. The highest BCUT2D eigenvalue weighted by Gasteiger charge is 2.13. The van der Waals surface area contributed by atoms with Crippen LogP contribution in [0.25, 0.3) is 0 Å². The lowest BCUT2D eigenvalue weighted by molar-refractivity contribution is -0.384. The zero-order valence-electron chi connectivity index (χ0n) is 11.5. The number of nitrogens with zero attached hydrogens (tertiary/aromatic N) is 1. The number of carbonyl (C=O) groups is 1. The minimum absolute atomic E-state index is 0.0219. The van der Waals surface area contributed by atoms with E-state index >= 15 is 0 Å². The molecule has 0 saturated heterocycles. The largest absolute Gasteiger partial charge is 0.481 e. The van der Waals surface area contributed by atoms with Crippen LogP contribution < -0.4 is 5.32 Å². The quantitative estimate of drug-likeness (QED) is 0.412. The van der Waals surface area contributed by atoms with Crippen molar-refractivity contribution in [2.75, 3.05) is 6.54 Å². The summed E-state index contributed by atoms with van der Waals surface area (Å²) >= 11 is 0. The molecule has 0 saturated carbocycles. The lowest BCUT2D eigenvalue weighted by Crippen LogP contribution is -2.23. The molecule has 0 bridgehead atoms. The molecular formula is C14H20N2O4. The molecule has 0 aliphatic heterocycles. The third-order valence-corrected chi connectivity index (χ3v) is 3.02. The number of rotatable bonds is 9. The number of hydrogen-bond acceptors (Lipinski definition) is 4. The summed E-state index contributed by atoms with van der Waals surface area (Å²) < 4.78 is 0. The molecule has 2 N–H and O–H groups in total. The van der Waals surface area contributed by atoms with Gasteiger partial charge in [-0.3, -0.25) is 14.9 Å². The van der Waals surface area contributed by atoms with Crippen molar-refractivity contribution in [2.45, 2.75) is 38.6 Å². The van der Waals surface area contributed by atoms with Gasteiger partial charge in [0.1, 0.15) is 0 Å². The maximum Gasteiger partial charge on any atom is 0.303 e. The van der Waals surface area contributed by atoms with Crippen LogP contribution in [0.15, 0.2) is 24.3 Å². The Labute approximate surface area is 118 Å². The number of carboxylic acids is 1. The van der Waals surface area contributed by atoms with E-state index in [1.807, 2.05) is 13.0 Å². The summed E-state index contributed by atoms with van der Waals surface area (Å²) in [7, 11) is 0. The van der Waals surface area contributed by atoms with Gasteiger partial charge >= 0.3 is 5.97 Å². The fourth-order valence-corrected chi connectivity index (χ4v) is 2.05. The van der Waals surface area contributed by atoms with E-state index in [0.29, 0.717) is 13.0 Å². The molecule has 0 spiro atoms.